The number of ether oxygens (including phenoxy) is 1. The van der Waals surface area contributed by atoms with Crippen LogP contribution in [0.25, 0.3) is 0 Å². The topological polar surface area (TPSA) is 22.1 Å². The van der Waals surface area contributed by atoms with Crippen LogP contribution in [0.2, 0.25) is 10.2 Å². The highest BCUT2D eigenvalue weighted by atomic mass is 35.5. The Morgan fingerprint density at radius 2 is 2.06 bits per heavy atom. The van der Waals surface area contributed by atoms with Gasteiger partial charge in [0.1, 0.15) is 17.5 Å². The Kier molecular flexibility index (Phi) is 4.45. The largest absolute Gasteiger partial charge is 0.489 e. The smallest absolute Gasteiger partial charge is 0.130 e. The first-order valence-corrected chi connectivity index (χ1v) is 6.46. The Bertz CT molecular complexity index is 543. The Morgan fingerprint density at radius 1 is 1.22 bits per heavy atom. The van der Waals surface area contributed by atoms with Gasteiger partial charge in [-0.1, -0.05) is 42.3 Å². The molecule has 0 aliphatic heterocycles. The SMILES string of the molecule is CCc1cccc(OCc2cnc(Cl)cc2Cl)c1. The van der Waals surface area contributed by atoms with Crippen molar-refractivity contribution in [1.82, 2.24) is 4.98 Å². The van der Waals surface area contributed by atoms with E-state index < -0.39 is 0 Å². The molecule has 1 aromatic carbocycles. The molecule has 0 aliphatic rings. The van der Waals surface area contributed by atoms with Crippen LogP contribution in [0.15, 0.2) is 36.5 Å². The third-order valence-corrected chi connectivity index (χ3v) is 3.16. The van der Waals surface area contributed by atoms with Gasteiger partial charge in [0.25, 0.3) is 0 Å². The van der Waals surface area contributed by atoms with E-state index in [-0.39, 0.29) is 0 Å². The van der Waals surface area contributed by atoms with Crippen molar-refractivity contribution in [2.75, 3.05) is 0 Å². The molecule has 94 valence electrons. The number of aryl methyl sites for hydroxylation is 1. The Morgan fingerprint density at radius 3 is 2.78 bits per heavy atom. The number of nitrogens with zero attached hydrogens (tertiary/aromatic N) is 1. The molecule has 2 rings (SSSR count). The molecule has 1 aromatic heterocycles. The van der Waals surface area contributed by atoms with Gasteiger partial charge in [0.2, 0.25) is 0 Å². The second-order valence-corrected chi connectivity index (χ2v) is 4.68. The van der Waals surface area contributed by atoms with E-state index in [0.29, 0.717) is 16.8 Å². The van der Waals surface area contributed by atoms with Gasteiger partial charge in [-0.2, -0.15) is 0 Å². The summed E-state index contributed by atoms with van der Waals surface area (Å²) in [7, 11) is 0. The Hall–Kier alpha value is -1.25. The molecule has 0 radical (unpaired) electrons. The molecule has 4 heteroatoms. The van der Waals surface area contributed by atoms with Gasteiger partial charge in [0.15, 0.2) is 0 Å². The quantitative estimate of drug-likeness (QED) is 0.768. The zero-order chi connectivity index (χ0) is 13.0. The molecular weight excluding hydrogens is 269 g/mol. The van der Waals surface area contributed by atoms with E-state index in [9.17, 15) is 0 Å². The number of rotatable bonds is 4. The van der Waals surface area contributed by atoms with E-state index in [0.717, 1.165) is 17.7 Å². The lowest BCUT2D eigenvalue weighted by Crippen LogP contribution is -1.97. The van der Waals surface area contributed by atoms with Gasteiger partial charge < -0.3 is 4.74 Å². The van der Waals surface area contributed by atoms with E-state index in [1.807, 2.05) is 18.2 Å². The first-order chi connectivity index (χ1) is 8.69. The summed E-state index contributed by atoms with van der Waals surface area (Å²) in [6.45, 7) is 2.50. The monoisotopic (exact) mass is 281 g/mol. The average molecular weight is 282 g/mol. The molecule has 0 spiro atoms. The van der Waals surface area contributed by atoms with Crippen molar-refractivity contribution in [2.24, 2.45) is 0 Å². The van der Waals surface area contributed by atoms with Crippen molar-refractivity contribution in [3.05, 3.63) is 57.8 Å². The summed E-state index contributed by atoms with van der Waals surface area (Å²) in [5, 5.41) is 0.957. The van der Waals surface area contributed by atoms with Gasteiger partial charge in [-0.15, -0.1) is 0 Å². The van der Waals surface area contributed by atoms with Crippen LogP contribution in [0.5, 0.6) is 5.75 Å². The normalized spacial score (nSPS) is 10.4. The second kappa shape index (κ2) is 6.07. The van der Waals surface area contributed by atoms with Crippen LogP contribution in [0, 0.1) is 0 Å². The molecule has 1 heterocycles. The molecule has 0 saturated carbocycles. The number of hydrogen-bond donors (Lipinski definition) is 0. The van der Waals surface area contributed by atoms with Crippen molar-refractivity contribution >= 4 is 23.2 Å². The zero-order valence-electron chi connectivity index (χ0n) is 9.99. The van der Waals surface area contributed by atoms with E-state index in [1.165, 1.54) is 5.56 Å². The van der Waals surface area contributed by atoms with Crippen molar-refractivity contribution in [3.8, 4) is 5.75 Å². The number of aromatic nitrogens is 1. The van der Waals surface area contributed by atoms with Crippen molar-refractivity contribution in [1.29, 1.82) is 0 Å². The lowest BCUT2D eigenvalue weighted by molar-refractivity contribution is 0.305. The lowest BCUT2D eigenvalue weighted by Gasteiger charge is -2.08. The summed E-state index contributed by atoms with van der Waals surface area (Å²) < 4.78 is 5.69. The molecule has 2 nitrogen and oxygen atoms in total. The Labute approximate surface area is 117 Å². The minimum absolute atomic E-state index is 0.385. The summed E-state index contributed by atoms with van der Waals surface area (Å²) in [6, 6.07) is 9.62. The fourth-order valence-corrected chi connectivity index (χ4v) is 1.98. The Balaban J connectivity index is 2.06. The van der Waals surface area contributed by atoms with Crippen molar-refractivity contribution in [2.45, 2.75) is 20.0 Å². The molecular formula is C14H13Cl2NO. The fraction of sp³-hybridized carbons (Fsp3) is 0.214. The molecule has 0 N–H and O–H groups in total. The van der Waals surface area contributed by atoms with E-state index in [4.69, 9.17) is 27.9 Å². The highest BCUT2D eigenvalue weighted by molar-refractivity contribution is 6.34. The van der Waals surface area contributed by atoms with Gasteiger partial charge in [0, 0.05) is 11.8 Å². The molecule has 2 aromatic rings. The van der Waals surface area contributed by atoms with Crippen LogP contribution in [-0.2, 0) is 13.0 Å². The van der Waals surface area contributed by atoms with Gasteiger partial charge in [-0.3, -0.25) is 0 Å². The highest BCUT2D eigenvalue weighted by Gasteiger charge is 2.03. The predicted octanol–water partition coefficient (Wildman–Crippen LogP) is 4.53. The molecule has 0 fully saturated rings. The molecule has 0 aliphatic carbocycles. The average Bonchev–Trinajstić information content (AvgIpc) is 2.38. The summed E-state index contributed by atoms with van der Waals surface area (Å²) in [4.78, 5) is 3.99. The fourth-order valence-electron chi connectivity index (χ4n) is 1.56. The van der Waals surface area contributed by atoms with Crippen LogP contribution in [0.1, 0.15) is 18.1 Å². The maximum atomic E-state index is 6.05. The summed E-state index contributed by atoms with van der Waals surface area (Å²) in [6.07, 6.45) is 2.62. The van der Waals surface area contributed by atoms with Crippen LogP contribution < -0.4 is 4.74 Å². The van der Waals surface area contributed by atoms with Gasteiger partial charge >= 0.3 is 0 Å². The van der Waals surface area contributed by atoms with E-state index in [2.05, 4.69) is 18.0 Å². The number of benzene rings is 1. The first kappa shape index (κ1) is 13.2. The zero-order valence-corrected chi connectivity index (χ0v) is 11.5. The van der Waals surface area contributed by atoms with Crippen LogP contribution in [0.3, 0.4) is 0 Å². The minimum atomic E-state index is 0.385. The predicted molar refractivity (Wildman–Crippen MR) is 74.4 cm³/mol. The maximum Gasteiger partial charge on any atom is 0.130 e. The van der Waals surface area contributed by atoms with E-state index >= 15 is 0 Å². The molecule has 0 unspecified atom stereocenters. The molecule has 0 saturated heterocycles. The standard InChI is InChI=1S/C14H13Cl2NO/c1-2-10-4-3-5-12(6-10)18-9-11-8-17-14(16)7-13(11)15/h3-8H,2,9H2,1H3. The van der Waals surface area contributed by atoms with E-state index in [1.54, 1.807) is 12.3 Å². The van der Waals surface area contributed by atoms with Crippen molar-refractivity contribution < 1.29 is 4.74 Å². The number of halogens is 2. The molecule has 18 heavy (non-hydrogen) atoms. The second-order valence-electron chi connectivity index (χ2n) is 3.89. The first-order valence-electron chi connectivity index (χ1n) is 5.70. The van der Waals surface area contributed by atoms with Crippen LogP contribution in [-0.4, -0.2) is 4.98 Å². The number of hydrogen-bond acceptors (Lipinski definition) is 2. The summed E-state index contributed by atoms with van der Waals surface area (Å²) in [5.74, 6) is 0.834. The molecule has 0 bridgehead atoms. The number of pyridine rings is 1. The van der Waals surface area contributed by atoms with Gasteiger partial charge in [-0.05, 0) is 30.2 Å². The molecule has 0 amide bonds. The summed E-state index contributed by atoms with van der Waals surface area (Å²) >= 11 is 11.8. The highest BCUT2D eigenvalue weighted by Crippen LogP contribution is 2.21. The van der Waals surface area contributed by atoms with Crippen LogP contribution in [0.4, 0.5) is 0 Å². The third kappa shape index (κ3) is 3.37. The third-order valence-electron chi connectivity index (χ3n) is 2.60. The van der Waals surface area contributed by atoms with Gasteiger partial charge in [-0.25, -0.2) is 4.98 Å². The maximum absolute atomic E-state index is 6.05. The van der Waals surface area contributed by atoms with Gasteiger partial charge in [0.05, 0.1) is 5.02 Å². The lowest BCUT2D eigenvalue weighted by atomic mass is 10.2. The van der Waals surface area contributed by atoms with Crippen molar-refractivity contribution in [3.63, 3.8) is 0 Å². The van der Waals surface area contributed by atoms with Crippen LogP contribution >= 0.6 is 23.2 Å². The molecule has 0 atom stereocenters. The minimum Gasteiger partial charge on any atom is -0.489 e. The summed E-state index contributed by atoms with van der Waals surface area (Å²) in [5.41, 5.74) is 2.07.